The summed E-state index contributed by atoms with van der Waals surface area (Å²) in [6.07, 6.45) is 1.75. The number of thiocarbonyl (C=S) groups is 1. The predicted molar refractivity (Wildman–Crippen MR) is 165 cm³/mol. The maximum absolute atomic E-state index is 12.3. The third kappa shape index (κ3) is 5.42. The lowest BCUT2D eigenvalue weighted by atomic mass is 9.96. The van der Waals surface area contributed by atoms with E-state index in [0.717, 1.165) is 34.0 Å². The number of aromatic nitrogens is 2. The van der Waals surface area contributed by atoms with Crippen molar-refractivity contribution in [1.29, 1.82) is 0 Å². The van der Waals surface area contributed by atoms with Gasteiger partial charge >= 0.3 is 5.97 Å². The van der Waals surface area contributed by atoms with Gasteiger partial charge < -0.3 is 25.2 Å². The minimum absolute atomic E-state index is 0.120. The van der Waals surface area contributed by atoms with Gasteiger partial charge in [0.1, 0.15) is 0 Å². The van der Waals surface area contributed by atoms with Crippen LogP contribution in [0.15, 0.2) is 72.9 Å². The Morgan fingerprint density at radius 3 is 2.49 bits per heavy atom. The Morgan fingerprint density at radius 1 is 1.05 bits per heavy atom. The normalized spacial score (nSPS) is 16.6. The highest BCUT2D eigenvalue weighted by Gasteiger charge is 2.42. The average molecular weight is 588 g/mol. The highest BCUT2D eigenvalue weighted by molar-refractivity contribution is 7.80. The van der Waals surface area contributed by atoms with E-state index in [1.165, 1.54) is 0 Å². The number of benzene rings is 2. The van der Waals surface area contributed by atoms with Gasteiger partial charge in [0.25, 0.3) is 0 Å². The summed E-state index contributed by atoms with van der Waals surface area (Å²) in [7, 11) is 0. The fourth-order valence-corrected chi connectivity index (χ4v) is 5.81. The fraction of sp³-hybridized carbons (Fsp3) is 0.226. The van der Waals surface area contributed by atoms with Crippen molar-refractivity contribution in [1.82, 2.24) is 14.9 Å². The van der Waals surface area contributed by atoms with Crippen molar-refractivity contribution >= 4 is 52.2 Å². The third-order valence-electron chi connectivity index (χ3n) is 7.25. The Kier molecular flexibility index (Phi) is 7.84. The molecule has 0 unspecified atom stereocenters. The van der Waals surface area contributed by atoms with Gasteiger partial charge in [-0.15, -0.1) is 0 Å². The predicted octanol–water partition coefficient (Wildman–Crippen LogP) is 6.61. The lowest BCUT2D eigenvalue weighted by Crippen LogP contribution is -2.29. The minimum atomic E-state index is -0.980. The molecule has 5 rings (SSSR count). The lowest BCUT2D eigenvalue weighted by molar-refractivity contribution is -0.118. The van der Waals surface area contributed by atoms with Gasteiger partial charge in [-0.3, -0.25) is 9.78 Å². The number of hydrogen-bond acceptors (Lipinski definition) is 4. The van der Waals surface area contributed by atoms with Gasteiger partial charge in [0.05, 0.1) is 34.1 Å². The van der Waals surface area contributed by atoms with Gasteiger partial charge in [0.2, 0.25) is 5.91 Å². The minimum Gasteiger partial charge on any atom is -0.478 e. The van der Waals surface area contributed by atoms with Crippen LogP contribution in [-0.4, -0.2) is 31.6 Å². The second-order valence-corrected chi connectivity index (χ2v) is 11.1. The van der Waals surface area contributed by atoms with Crippen LogP contribution in [0.3, 0.4) is 0 Å². The van der Waals surface area contributed by atoms with E-state index in [1.807, 2.05) is 67.5 Å². The summed E-state index contributed by atoms with van der Waals surface area (Å²) in [4.78, 5) is 30.6. The molecule has 4 aromatic rings. The van der Waals surface area contributed by atoms with Crippen LogP contribution in [0.5, 0.6) is 0 Å². The molecule has 0 bridgehead atoms. The molecule has 1 aliphatic rings. The van der Waals surface area contributed by atoms with Crippen LogP contribution >= 0.6 is 23.8 Å². The zero-order chi connectivity index (χ0) is 29.4. The van der Waals surface area contributed by atoms with Crippen LogP contribution in [0.2, 0.25) is 5.02 Å². The molecule has 41 heavy (non-hydrogen) atoms. The van der Waals surface area contributed by atoms with Crippen LogP contribution in [-0.2, 0) is 4.79 Å². The number of halogens is 1. The number of amides is 1. The number of rotatable bonds is 7. The van der Waals surface area contributed by atoms with Crippen molar-refractivity contribution in [2.24, 2.45) is 5.92 Å². The van der Waals surface area contributed by atoms with E-state index < -0.39 is 5.97 Å². The van der Waals surface area contributed by atoms with Crippen molar-refractivity contribution in [2.45, 2.75) is 39.8 Å². The Morgan fingerprint density at radius 2 is 1.83 bits per heavy atom. The van der Waals surface area contributed by atoms with E-state index in [0.29, 0.717) is 15.8 Å². The first-order chi connectivity index (χ1) is 19.6. The summed E-state index contributed by atoms with van der Waals surface area (Å²) in [5.74, 6) is -1.28. The highest BCUT2D eigenvalue weighted by atomic mass is 35.5. The first-order valence-corrected chi connectivity index (χ1v) is 14.0. The molecular weight excluding hydrogens is 558 g/mol. The number of aromatic carboxylic acids is 1. The highest BCUT2D eigenvalue weighted by Crippen LogP contribution is 2.44. The average Bonchev–Trinajstić information content (AvgIpc) is 3.44. The van der Waals surface area contributed by atoms with Gasteiger partial charge in [0, 0.05) is 34.9 Å². The number of carboxylic acid groups (broad SMARTS) is 1. The molecule has 2 atom stereocenters. The molecule has 0 aliphatic carbocycles. The Bertz CT molecular complexity index is 1650. The number of hydrogen-bond donors (Lipinski definition) is 3. The number of nitrogens with one attached hydrogen (secondary N) is 2. The Labute approximate surface area is 249 Å². The topological polar surface area (TPSA) is 99.5 Å². The molecule has 2 aromatic heterocycles. The molecule has 0 radical (unpaired) electrons. The summed E-state index contributed by atoms with van der Waals surface area (Å²) in [5, 5.41) is 16.8. The summed E-state index contributed by atoms with van der Waals surface area (Å²) in [6.45, 7) is 7.65. The molecule has 210 valence electrons. The quantitative estimate of drug-likeness (QED) is 0.209. The van der Waals surface area contributed by atoms with E-state index in [-0.39, 0.29) is 29.5 Å². The second-order valence-electron chi connectivity index (χ2n) is 10.3. The Balaban J connectivity index is 1.62. The molecule has 3 N–H and O–H groups in total. The van der Waals surface area contributed by atoms with E-state index in [4.69, 9.17) is 23.8 Å². The van der Waals surface area contributed by atoms with Gasteiger partial charge in [-0.05, 0) is 86.2 Å². The van der Waals surface area contributed by atoms with E-state index in [9.17, 15) is 14.7 Å². The molecule has 8 nitrogen and oxygen atoms in total. The van der Waals surface area contributed by atoms with Gasteiger partial charge in [-0.1, -0.05) is 37.6 Å². The number of carboxylic acids is 1. The molecule has 1 amide bonds. The van der Waals surface area contributed by atoms with E-state index in [1.54, 1.807) is 36.5 Å². The smallest absolute Gasteiger partial charge is 0.335 e. The largest absolute Gasteiger partial charge is 0.478 e. The Hall–Kier alpha value is -4.21. The molecule has 1 aliphatic heterocycles. The van der Waals surface area contributed by atoms with Crippen LogP contribution in [0.1, 0.15) is 58.9 Å². The van der Waals surface area contributed by atoms with Crippen molar-refractivity contribution < 1.29 is 14.7 Å². The monoisotopic (exact) mass is 587 g/mol. The number of carbonyl (C=O) groups excluding carboxylic acids is 1. The number of aryl methyl sites for hydroxylation is 1. The lowest BCUT2D eigenvalue weighted by Gasteiger charge is -2.28. The number of nitrogens with zero attached hydrogens (tertiary/aromatic N) is 3. The fourth-order valence-electron chi connectivity index (χ4n) is 5.24. The van der Waals surface area contributed by atoms with Crippen LogP contribution in [0, 0.1) is 19.8 Å². The van der Waals surface area contributed by atoms with Crippen molar-refractivity contribution in [3.63, 3.8) is 0 Å². The second kappa shape index (κ2) is 11.3. The number of carbonyl (C=O) groups is 2. The molecule has 0 spiro atoms. The third-order valence-corrected chi connectivity index (χ3v) is 7.88. The molecule has 3 heterocycles. The molecule has 2 aromatic carbocycles. The van der Waals surface area contributed by atoms with Crippen molar-refractivity contribution in [3.05, 3.63) is 106 Å². The summed E-state index contributed by atoms with van der Waals surface area (Å²) in [5.41, 5.74) is 5.98. The molecule has 0 saturated carbocycles. The zero-order valence-corrected chi connectivity index (χ0v) is 24.6. The summed E-state index contributed by atoms with van der Waals surface area (Å²) < 4.78 is 2.05. The van der Waals surface area contributed by atoms with Gasteiger partial charge in [-0.25, -0.2) is 4.79 Å². The van der Waals surface area contributed by atoms with E-state index in [2.05, 4.69) is 21.7 Å². The van der Waals surface area contributed by atoms with Crippen molar-refractivity contribution in [2.75, 3.05) is 10.2 Å². The maximum Gasteiger partial charge on any atom is 0.335 e. The van der Waals surface area contributed by atoms with E-state index >= 15 is 0 Å². The maximum atomic E-state index is 12.3. The summed E-state index contributed by atoms with van der Waals surface area (Å²) >= 11 is 12.5. The van der Waals surface area contributed by atoms with Gasteiger partial charge in [-0.2, -0.15) is 0 Å². The van der Waals surface area contributed by atoms with Crippen molar-refractivity contribution in [3.8, 4) is 5.69 Å². The zero-order valence-electron chi connectivity index (χ0n) is 23.1. The molecule has 10 heteroatoms. The molecule has 1 saturated heterocycles. The standard InChI is InChI=1S/C31H30ClN5O3S/c1-17(2)29(38)34-25-12-11-22(16-24(25)32)37-28(27(35-31(37)41)26-10-5-6-13-33-26)23-14-18(3)36(19(23)4)21-9-7-8-20(15-21)30(39)40/h5-17,27-28H,1-4H3,(H,34,38)(H,35,41)(H,39,40)/t27-,28+/m0/s1. The first-order valence-electron chi connectivity index (χ1n) is 13.2. The SMILES string of the molecule is Cc1cc([C@@H]2[C@H](c3ccccn3)NC(=S)N2c2ccc(NC(=O)C(C)C)c(Cl)c2)c(C)n1-c1cccc(C(=O)O)c1. The number of anilines is 2. The van der Waals surface area contributed by atoms with Crippen LogP contribution in [0.25, 0.3) is 5.69 Å². The number of pyridine rings is 1. The summed E-state index contributed by atoms with van der Waals surface area (Å²) in [6, 6.07) is 19.7. The molecular formula is C31H30ClN5O3S. The molecule has 1 fully saturated rings. The first kappa shape index (κ1) is 28.3. The van der Waals surface area contributed by atoms with Gasteiger partial charge in [0.15, 0.2) is 5.11 Å². The van der Waals surface area contributed by atoms with Crippen LogP contribution in [0.4, 0.5) is 11.4 Å². The van der Waals surface area contributed by atoms with Crippen LogP contribution < -0.4 is 15.5 Å².